The molecule has 5 heteroatoms. The van der Waals surface area contributed by atoms with Crippen LogP contribution in [0.5, 0.6) is 0 Å². The maximum Gasteiger partial charge on any atom is 0.396 e. The lowest BCUT2D eigenvalue weighted by Crippen LogP contribution is -2.46. The van der Waals surface area contributed by atoms with Gasteiger partial charge in [-0.25, -0.2) is 9.47 Å². The summed E-state index contributed by atoms with van der Waals surface area (Å²) in [5.41, 5.74) is -0.218. The Labute approximate surface area is 174 Å². The molecule has 0 unspecified atom stereocenters. The Kier molecular flexibility index (Phi) is 7.69. The fraction of sp³-hybridized carbons (Fsp3) is 0.565. The Hall–Kier alpha value is -1.65. The Morgan fingerprint density at radius 1 is 1.04 bits per heavy atom. The van der Waals surface area contributed by atoms with Gasteiger partial charge < -0.3 is 5.11 Å². The Balaban J connectivity index is 1.57. The van der Waals surface area contributed by atoms with Gasteiger partial charge in [0.15, 0.2) is 0 Å². The monoisotopic (exact) mass is 402 g/mol. The first-order valence-corrected chi connectivity index (χ1v) is 11.1. The summed E-state index contributed by atoms with van der Waals surface area (Å²) in [6, 6.07) is 9.42. The van der Waals surface area contributed by atoms with Crippen molar-refractivity contribution in [1.29, 1.82) is 0 Å². The molecule has 0 radical (unpaired) electrons. The minimum atomic E-state index is -1.08. The maximum absolute atomic E-state index is 11.6. The molecule has 4 nitrogen and oxygen atoms in total. The van der Waals surface area contributed by atoms with Gasteiger partial charge in [-0.2, -0.15) is 0 Å². The summed E-state index contributed by atoms with van der Waals surface area (Å²) in [4.78, 5) is 6.59. The van der Waals surface area contributed by atoms with Crippen LogP contribution in [0.4, 0.5) is 5.95 Å². The van der Waals surface area contributed by atoms with Gasteiger partial charge in [0.25, 0.3) is 0 Å². The fourth-order valence-corrected chi connectivity index (χ4v) is 4.18. The third kappa shape index (κ3) is 5.03. The van der Waals surface area contributed by atoms with Crippen LogP contribution in [0.15, 0.2) is 42.7 Å². The number of anilines is 1. The van der Waals surface area contributed by atoms with Crippen LogP contribution in [0, 0.1) is 0 Å². The van der Waals surface area contributed by atoms with Crippen molar-refractivity contribution >= 4 is 17.5 Å². The molecule has 152 valence electrons. The number of fused-ring (bicyclic) bond motifs is 1. The Morgan fingerprint density at radius 2 is 1.68 bits per heavy atom. The van der Waals surface area contributed by atoms with E-state index in [-0.39, 0.29) is 0 Å². The number of nitrogens with zero attached hydrogens (tertiary/aromatic N) is 3. The molecule has 0 aliphatic carbocycles. The summed E-state index contributed by atoms with van der Waals surface area (Å²) in [6.45, 7) is 3.54. The normalized spacial score (nSPS) is 18.5. The summed E-state index contributed by atoms with van der Waals surface area (Å²) in [7, 11) is 0. The third-order valence-electron chi connectivity index (χ3n) is 5.67. The van der Waals surface area contributed by atoms with Gasteiger partial charge in [-0.3, -0.25) is 0 Å². The van der Waals surface area contributed by atoms with Crippen LogP contribution >= 0.6 is 11.6 Å². The van der Waals surface area contributed by atoms with E-state index in [4.69, 9.17) is 11.6 Å². The van der Waals surface area contributed by atoms with Gasteiger partial charge in [0.05, 0.1) is 12.7 Å². The van der Waals surface area contributed by atoms with Crippen LogP contribution in [-0.4, -0.2) is 16.6 Å². The average Bonchev–Trinajstić information content (AvgIpc) is 3.00. The van der Waals surface area contributed by atoms with Gasteiger partial charge in [-0.15, -0.1) is 0 Å². The van der Waals surface area contributed by atoms with E-state index < -0.39 is 5.72 Å². The molecule has 1 atom stereocenters. The zero-order chi connectivity index (χ0) is 19.8. The van der Waals surface area contributed by atoms with Crippen molar-refractivity contribution in [2.24, 2.45) is 0 Å². The fourth-order valence-electron chi connectivity index (χ4n) is 4.06. The zero-order valence-electron chi connectivity index (χ0n) is 17.0. The van der Waals surface area contributed by atoms with Crippen molar-refractivity contribution in [3.8, 4) is 0 Å². The van der Waals surface area contributed by atoms with Crippen LogP contribution in [0.25, 0.3) is 0 Å². The Bertz CT molecular complexity index is 737. The molecule has 0 amide bonds. The van der Waals surface area contributed by atoms with E-state index in [0.29, 0.717) is 11.6 Å². The third-order valence-corrected chi connectivity index (χ3v) is 5.92. The molecule has 1 aromatic carbocycles. The van der Waals surface area contributed by atoms with Crippen LogP contribution in [0.1, 0.15) is 70.3 Å². The molecular weight excluding hydrogens is 370 g/mol. The molecule has 0 spiro atoms. The molecule has 1 aliphatic heterocycles. The van der Waals surface area contributed by atoms with Crippen LogP contribution in [0.3, 0.4) is 0 Å². The van der Waals surface area contributed by atoms with E-state index in [1.54, 1.807) is 6.20 Å². The highest BCUT2D eigenvalue weighted by molar-refractivity contribution is 6.30. The molecule has 0 bridgehead atoms. The first-order valence-electron chi connectivity index (χ1n) is 10.8. The van der Waals surface area contributed by atoms with Gasteiger partial charge in [-0.1, -0.05) is 87.0 Å². The molecule has 28 heavy (non-hydrogen) atoms. The SMILES string of the molecule is CCCCCCCCCCCN1c2nccc[n+]2C[C@@]1(O)c1ccc(Cl)cc1. The number of benzene rings is 1. The van der Waals surface area contributed by atoms with E-state index in [9.17, 15) is 5.11 Å². The molecule has 2 heterocycles. The van der Waals surface area contributed by atoms with Crippen molar-refractivity contribution in [3.05, 3.63) is 53.3 Å². The summed E-state index contributed by atoms with van der Waals surface area (Å²) in [6.07, 6.45) is 15.4. The molecule has 0 fully saturated rings. The van der Waals surface area contributed by atoms with E-state index in [2.05, 4.69) is 16.8 Å². The van der Waals surface area contributed by atoms with Crippen molar-refractivity contribution in [2.75, 3.05) is 11.4 Å². The summed E-state index contributed by atoms with van der Waals surface area (Å²) in [5.74, 6) is 0.833. The van der Waals surface area contributed by atoms with Gasteiger partial charge in [0.2, 0.25) is 5.72 Å². The number of hydrogen-bond acceptors (Lipinski definition) is 3. The van der Waals surface area contributed by atoms with Crippen molar-refractivity contribution in [2.45, 2.75) is 77.0 Å². The van der Waals surface area contributed by atoms with Gasteiger partial charge in [0, 0.05) is 16.7 Å². The molecule has 1 aliphatic rings. The second kappa shape index (κ2) is 10.2. The average molecular weight is 403 g/mol. The van der Waals surface area contributed by atoms with Crippen LogP contribution in [0.2, 0.25) is 5.02 Å². The highest BCUT2D eigenvalue weighted by atomic mass is 35.5. The maximum atomic E-state index is 11.6. The van der Waals surface area contributed by atoms with Crippen LogP contribution in [-0.2, 0) is 12.3 Å². The molecule has 2 aromatic rings. The number of unbranched alkanes of at least 4 members (excludes halogenated alkanes) is 8. The van der Waals surface area contributed by atoms with Gasteiger partial charge in [-0.05, 0) is 18.6 Å². The second-order valence-electron chi connectivity index (χ2n) is 7.85. The highest BCUT2D eigenvalue weighted by Gasteiger charge is 2.51. The molecule has 1 aromatic heterocycles. The first-order chi connectivity index (χ1) is 13.6. The lowest BCUT2D eigenvalue weighted by Gasteiger charge is -2.28. The van der Waals surface area contributed by atoms with E-state index in [0.717, 1.165) is 24.5 Å². The predicted octanol–water partition coefficient (Wildman–Crippen LogP) is 5.22. The smallest absolute Gasteiger partial charge is 0.353 e. The van der Waals surface area contributed by atoms with E-state index in [1.165, 1.54) is 51.4 Å². The zero-order valence-corrected chi connectivity index (χ0v) is 17.7. The molecule has 0 saturated heterocycles. The number of aliphatic hydroxyl groups is 1. The van der Waals surface area contributed by atoms with Gasteiger partial charge >= 0.3 is 5.95 Å². The molecule has 3 rings (SSSR count). The van der Waals surface area contributed by atoms with Crippen LogP contribution < -0.4 is 9.47 Å². The van der Waals surface area contributed by atoms with E-state index in [1.807, 2.05) is 41.1 Å². The second-order valence-corrected chi connectivity index (χ2v) is 8.29. The minimum absolute atomic E-state index is 0.481. The standard InChI is InChI=1S/C23H33ClN3O/c1-2-3-4-5-6-7-8-9-10-18-27-22-25-16-11-17-26(22)19-23(27,28)20-12-14-21(24)15-13-20/h11-17,28H,2-10,18-19H2,1H3/q+1/t23-/m1/s1. The number of hydrogen-bond donors (Lipinski definition) is 1. The summed E-state index contributed by atoms with van der Waals surface area (Å²) < 4.78 is 2.03. The largest absolute Gasteiger partial charge is 0.396 e. The lowest BCUT2D eigenvalue weighted by molar-refractivity contribution is -0.685. The first kappa shape index (κ1) is 21.1. The highest BCUT2D eigenvalue weighted by Crippen LogP contribution is 2.34. The molecule has 1 N–H and O–H groups in total. The molecular formula is C23H33ClN3O+. The quantitative estimate of drug-likeness (QED) is 0.413. The summed E-state index contributed by atoms with van der Waals surface area (Å²) in [5, 5.41) is 12.3. The van der Waals surface area contributed by atoms with Crippen molar-refractivity contribution < 1.29 is 9.67 Å². The predicted molar refractivity (Wildman–Crippen MR) is 114 cm³/mol. The number of aromatic nitrogens is 2. The molecule has 0 saturated carbocycles. The van der Waals surface area contributed by atoms with Crippen molar-refractivity contribution in [1.82, 2.24) is 4.98 Å². The lowest BCUT2D eigenvalue weighted by atomic mass is 10.0. The summed E-state index contributed by atoms with van der Waals surface area (Å²) >= 11 is 6.05. The minimum Gasteiger partial charge on any atom is -0.353 e. The van der Waals surface area contributed by atoms with E-state index >= 15 is 0 Å². The van der Waals surface area contributed by atoms with Gasteiger partial charge in [0.1, 0.15) is 12.7 Å². The number of rotatable bonds is 11. The number of halogens is 1. The Morgan fingerprint density at radius 3 is 2.36 bits per heavy atom. The van der Waals surface area contributed by atoms with Crippen molar-refractivity contribution in [3.63, 3.8) is 0 Å². The topological polar surface area (TPSA) is 40.2 Å².